The van der Waals surface area contributed by atoms with Crippen molar-refractivity contribution in [3.63, 3.8) is 0 Å². The van der Waals surface area contributed by atoms with E-state index in [2.05, 4.69) is 15.5 Å². The Morgan fingerprint density at radius 1 is 1.19 bits per heavy atom. The Bertz CT molecular complexity index is 1210. The second-order valence-electron chi connectivity index (χ2n) is 7.29. The fraction of sp³-hybridized carbons (Fsp3) is 0.286. The zero-order valence-corrected chi connectivity index (χ0v) is 18.8. The molecule has 9 nitrogen and oxygen atoms in total. The van der Waals surface area contributed by atoms with Crippen LogP contribution in [-0.2, 0) is 14.8 Å². The Hall–Kier alpha value is -2.79. The fourth-order valence-corrected chi connectivity index (χ4v) is 4.74. The van der Waals surface area contributed by atoms with Crippen LogP contribution in [0, 0.1) is 0 Å². The zero-order valence-electron chi connectivity index (χ0n) is 17.2. The average Bonchev–Trinajstić information content (AvgIpc) is 3.46. The van der Waals surface area contributed by atoms with Gasteiger partial charge >= 0.3 is 6.01 Å². The van der Waals surface area contributed by atoms with E-state index in [0.29, 0.717) is 17.2 Å². The lowest BCUT2D eigenvalue weighted by Crippen LogP contribution is -2.34. The van der Waals surface area contributed by atoms with Gasteiger partial charge in [-0.05, 0) is 49.2 Å². The maximum atomic E-state index is 12.8. The minimum atomic E-state index is -3.69. The van der Waals surface area contributed by atoms with Gasteiger partial charge in [0.15, 0.2) is 0 Å². The molecule has 1 N–H and O–H groups in total. The molecule has 0 bridgehead atoms. The van der Waals surface area contributed by atoms with E-state index in [9.17, 15) is 13.2 Å². The number of anilines is 1. The van der Waals surface area contributed by atoms with Gasteiger partial charge in [-0.25, -0.2) is 8.42 Å². The number of ether oxygens (including phenoxy) is 1. The molecule has 4 rings (SSSR count). The first kappa shape index (κ1) is 22.4. The molecule has 0 radical (unpaired) electrons. The van der Waals surface area contributed by atoms with Gasteiger partial charge in [-0.3, -0.25) is 10.1 Å². The third kappa shape index (κ3) is 4.83. The summed E-state index contributed by atoms with van der Waals surface area (Å²) in [6.07, 6.45) is 1.68. The second kappa shape index (κ2) is 9.37. The standard InChI is InChI=1S/C21H21ClN4O5S/c1-26(13-15-5-4-12-30-15)32(28,29)16-10-8-14(9-11-16)19(27)23-21-25-24-20(31-21)17-6-2-3-7-18(17)22/h2-3,6-11,15H,4-5,12-13H2,1H3,(H,23,25,27). The Balaban J connectivity index is 1.43. The van der Waals surface area contributed by atoms with Gasteiger partial charge in [0.25, 0.3) is 11.8 Å². The molecule has 168 valence electrons. The Morgan fingerprint density at radius 3 is 2.62 bits per heavy atom. The van der Waals surface area contributed by atoms with E-state index in [1.54, 1.807) is 24.3 Å². The van der Waals surface area contributed by atoms with Crippen molar-refractivity contribution in [2.24, 2.45) is 0 Å². The number of carbonyl (C=O) groups excluding carboxylic acids is 1. The molecule has 0 aliphatic carbocycles. The summed E-state index contributed by atoms with van der Waals surface area (Å²) in [4.78, 5) is 12.6. The normalized spacial score (nSPS) is 16.4. The highest BCUT2D eigenvalue weighted by molar-refractivity contribution is 7.89. The van der Waals surface area contributed by atoms with Crippen LogP contribution < -0.4 is 5.32 Å². The van der Waals surface area contributed by atoms with E-state index >= 15 is 0 Å². The smallest absolute Gasteiger partial charge is 0.322 e. The number of rotatable bonds is 7. The number of likely N-dealkylation sites (N-methyl/N-ethyl adjacent to an activating group) is 1. The predicted octanol–water partition coefficient (Wildman–Crippen LogP) is 3.44. The van der Waals surface area contributed by atoms with Crippen molar-refractivity contribution in [1.29, 1.82) is 0 Å². The van der Waals surface area contributed by atoms with Crippen molar-refractivity contribution < 1.29 is 22.4 Å². The molecule has 1 saturated heterocycles. The molecule has 1 atom stereocenters. The van der Waals surface area contributed by atoms with Gasteiger partial charge in [-0.2, -0.15) is 4.31 Å². The molecule has 2 heterocycles. The Kier molecular flexibility index (Phi) is 6.56. The Labute approximate surface area is 190 Å². The van der Waals surface area contributed by atoms with Crippen LogP contribution in [0.2, 0.25) is 5.02 Å². The van der Waals surface area contributed by atoms with Crippen molar-refractivity contribution in [2.45, 2.75) is 23.8 Å². The molecular weight excluding hydrogens is 456 g/mol. The third-order valence-electron chi connectivity index (χ3n) is 5.06. The lowest BCUT2D eigenvalue weighted by Gasteiger charge is -2.20. The summed E-state index contributed by atoms with van der Waals surface area (Å²) in [5, 5.41) is 10.6. The number of benzene rings is 2. The molecule has 32 heavy (non-hydrogen) atoms. The fourth-order valence-electron chi connectivity index (χ4n) is 3.32. The second-order valence-corrected chi connectivity index (χ2v) is 9.74. The molecule has 1 amide bonds. The molecular formula is C21H21ClN4O5S. The minimum absolute atomic E-state index is 0.0911. The summed E-state index contributed by atoms with van der Waals surface area (Å²) < 4.78 is 37.8. The number of sulfonamides is 1. The minimum Gasteiger partial charge on any atom is -0.403 e. The van der Waals surface area contributed by atoms with Crippen molar-refractivity contribution in [3.05, 3.63) is 59.1 Å². The highest BCUT2D eigenvalue weighted by Crippen LogP contribution is 2.27. The van der Waals surface area contributed by atoms with Gasteiger partial charge in [0.1, 0.15) is 0 Å². The largest absolute Gasteiger partial charge is 0.403 e. The van der Waals surface area contributed by atoms with Gasteiger partial charge < -0.3 is 9.15 Å². The molecule has 11 heteroatoms. The van der Waals surface area contributed by atoms with Gasteiger partial charge in [-0.15, -0.1) is 5.10 Å². The van der Waals surface area contributed by atoms with Gasteiger partial charge in [0.05, 0.1) is 21.6 Å². The van der Waals surface area contributed by atoms with E-state index in [0.717, 1.165) is 12.8 Å². The molecule has 1 aliphatic heterocycles. The van der Waals surface area contributed by atoms with Crippen LogP contribution in [0.4, 0.5) is 6.01 Å². The van der Waals surface area contributed by atoms with Gasteiger partial charge in [0.2, 0.25) is 10.0 Å². The molecule has 0 spiro atoms. The summed E-state index contributed by atoms with van der Waals surface area (Å²) in [6, 6.07) is 12.5. The number of carbonyl (C=O) groups is 1. The number of nitrogens with zero attached hydrogens (tertiary/aromatic N) is 3. The van der Waals surface area contributed by atoms with Gasteiger partial charge in [-0.1, -0.05) is 28.8 Å². The van der Waals surface area contributed by atoms with Crippen molar-refractivity contribution in [1.82, 2.24) is 14.5 Å². The van der Waals surface area contributed by atoms with E-state index in [4.69, 9.17) is 20.8 Å². The number of hydrogen-bond acceptors (Lipinski definition) is 7. The topological polar surface area (TPSA) is 115 Å². The molecule has 1 fully saturated rings. The van der Waals surface area contributed by atoms with Crippen LogP contribution in [0.15, 0.2) is 57.8 Å². The van der Waals surface area contributed by atoms with Crippen LogP contribution in [0.3, 0.4) is 0 Å². The first-order valence-electron chi connectivity index (χ1n) is 9.92. The van der Waals surface area contributed by atoms with E-state index in [1.807, 2.05) is 0 Å². The van der Waals surface area contributed by atoms with Crippen LogP contribution in [-0.4, -0.2) is 55.1 Å². The maximum Gasteiger partial charge on any atom is 0.322 e. The van der Waals surface area contributed by atoms with Crippen molar-refractivity contribution in [3.8, 4) is 11.5 Å². The average molecular weight is 477 g/mol. The number of amides is 1. The molecule has 2 aromatic carbocycles. The number of hydrogen-bond donors (Lipinski definition) is 1. The molecule has 1 aromatic heterocycles. The highest BCUT2D eigenvalue weighted by Gasteiger charge is 2.26. The first-order valence-corrected chi connectivity index (χ1v) is 11.7. The van der Waals surface area contributed by atoms with Crippen molar-refractivity contribution in [2.75, 3.05) is 25.5 Å². The highest BCUT2D eigenvalue weighted by atomic mass is 35.5. The molecule has 0 saturated carbocycles. The number of halogens is 1. The monoisotopic (exact) mass is 476 g/mol. The van der Waals surface area contributed by atoms with Crippen molar-refractivity contribution >= 4 is 33.5 Å². The lowest BCUT2D eigenvalue weighted by molar-refractivity contribution is 0.0979. The van der Waals surface area contributed by atoms with Crippen LogP contribution in [0.25, 0.3) is 11.5 Å². The first-order chi connectivity index (χ1) is 15.3. The quantitative estimate of drug-likeness (QED) is 0.555. The lowest BCUT2D eigenvalue weighted by atomic mass is 10.2. The van der Waals surface area contributed by atoms with E-state index in [1.165, 1.54) is 35.6 Å². The van der Waals surface area contributed by atoms with Gasteiger partial charge in [0, 0.05) is 25.8 Å². The summed E-state index contributed by atoms with van der Waals surface area (Å²) in [7, 11) is -2.17. The van der Waals surface area contributed by atoms with E-state index < -0.39 is 15.9 Å². The Morgan fingerprint density at radius 2 is 1.94 bits per heavy atom. The predicted molar refractivity (Wildman–Crippen MR) is 118 cm³/mol. The molecule has 1 aliphatic rings. The molecule has 3 aromatic rings. The summed E-state index contributed by atoms with van der Waals surface area (Å²) in [5.74, 6) is -0.349. The zero-order chi connectivity index (χ0) is 22.7. The molecule has 1 unspecified atom stereocenters. The SMILES string of the molecule is CN(CC1CCCO1)S(=O)(=O)c1ccc(C(=O)Nc2nnc(-c3ccccc3Cl)o2)cc1. The number of nitrogens with one attached hydrogen (secondary N) is 1. The summed E-state index contributed by atoms with van der Waals surface area (Å²) in [5.41, 5.74) is 0.784. The van der Waals surface area contributed by atoms with Crippen LogP contribution in [0.1, 0.15) is 23.2 Å². The van der Waals surface area contributed by atoms with E-state index in [-0.39, 0.29) is 35.0 Å². The summed E-state index contributed by atoms with van der Waals surface area (Å²) >= 11 is 6.12. The summed E-state index contributed by atoms with van der Waals surface area (Å²) in [6.45, 7) is 0.942. The number of aromatic nitrogens is 2. The van der Waals surface area contributed by atoms with Crippen LogP contribution in [0.5, 0.6) is 0 Å². The van der Waals surface area contributed by atoms with Crippen LogP contribution >= 0.6 is 11.6 Å². The maximum absolute atomic E-state index is 12.8. The third-order valence-corrected chi connectivity index (χ3v) is 7.23.